The second kappa shape index (κ2) is 5.73. The predicted octanol–water partition coefficient (Wildman–Crippen LogP) is 1.54. The molecule has 0 heterocycles. The van der Waals surface area contributed by atoms with E-state index in [0.717, 1.165) is 16.8 Å². The van der Waals surface area contributed by atoms with Crippen molar-refractivity contribution in [3.8, 4) is 0 Å². The minimum absolute atomic E-state index is 0.256. The first-order valence-electron chi connectivity index (χ1n) is 6.16. The summed E-state index contributed by atoms with van der Waals surface area (Å²) in [5, 5.41) is 3.01. The number of carbonyl (C=O) groups excluding carboxylic acids is 1. The lowest BCUT2D eigenvalue weighted by atomic mass is 9.93. The van der Waals surface area contributed by atoms with E-state index in [1.54, 1.807) is 13.8 Å². The van der Waals surface area contributed by atoms with Gasteiger partial charge in [0.1, 0.15) is 0 Å². The number of nitrogens with one attached hydrogen (secondary N) is 1. The fraction of sp³-hybridized carbons (Fsp3) is 0.429. The van der Waals surface area contributed by atoms with Crippen molar-refractivity contribution in [2.75, 3.05) is 11.9 Å². The number of hydrogen-bond donors (Lipinski definition) is 3. The Bertz CT molecular complexity index is 486. The molecule has 104 valence electrons. The van der Waals surface area contributed by atoms with Crippen molar-refractivity contribution in [2.24, 2.45) is 21.9 Å². The van der Waals surface area contributed by atoms with Gasteiger partial charge in [-0.25, -0.2) is 0 Å². The van der Waals surface area contributed by atoms with Crippen molar-refractivity contribution in [1.29, 1.82) is 0 Å². The zero-order valence-electron chi connectivity index (χ0n) is 11.9. The van der Waals surface area contributed by atoms with E-state index in [2.05, 4.69) is 16.4 Å². The van der Waals surface area contributed by atoms with Crippen LogP contribution in [0.25, 0.3) is 0 Å². The van der Waals surface area contributed by atoms with E-state index in [-0.39, 0.29) is 12.5 Å². The second-order valence-corrected chi connectivity index (χ2v) is 5.45. The van der Waals surface area contributed by atoms with Gasteiger partial charge < -0.3 is 16.8 Å². The van der Waals surface area contributed by atoms with Gasteiger partial charge in [-0.05, 0) is 51.0 Å². The number of carbonyl (C=O) groups is 1. The van der Waals surface area contributed by atoms with Crippen LogP contribution in [0, 0.1) is 19.3 Å². The molecule has 0 saturated heterocycles. The number of aryl methyl sites for hydroxylation is 2. The van der Waals surface area contributed by atoms with Crippen LogP contribution < -0.4 is 16.8 Å². The first-order valence-corrected chi connectivity index (χ1v) is 6.16. The molecule has 1 aromatic carbocycles. The highest BCUT2D eigenvalue weighted by Crippen LogP contribution is 2.15. The predicted molar refractivity (Wildman–Crippen MR) is 79.0 cm³/mol. The van der Waals surface area contributed by atoms with Gasteiger partial charge in [-0.3, -0.25) is 9.79 Å². The molecule has 0 aliphatic rings. The number of benzene rings is 1. The number of nitrogens with zero attached hydrogens (tertiary/aromatic N) is 1. The summed E-state index contributed by atoms with van der Waals surface area (Å²) in [7, 11) is 0. The average Bonchev–Trinajstić information content (AvgIpc) is 2.24. The molecular weight excluding hydrogens is 240 g/mol. The van der Waals surface area contributed by atoms with E-state index in [0.29, 0.717) is 0 Å². The summed E-state index contributed by atoms with van der Waals surface area (Å²) in [4.78, 5) is 15.3. The Morgan fingerprint density at radius 2 is 1.74 bits per heavy atom. The maximum atomic E-state index is 11.2. The molecule has 0 unspecified atom stereocenters. The molecule has 0 radical (unpaired) electrons. The van der Waals surface area contributed by atoms with E-state index in [1.807, 2.05) is 26.0 Å². The van der Waals surface area contributed by atoms with Crippen LogP contribution in [0.5, 0.6) is 0 Å². The molecule has 0 fully saturated rings. The highest BCUT2D eigenvalue weighted by atomic mass is 16.1. The van der Waals surface area contributed by atoms with Crippen LogP contribution in [0.3, 0.4) is 0 Å². The SMILES string of the molecule is Cc1cc(C)cc(NC(N)=NCC(C)(C)C(N)=O)c1. The van der Waals surface area contributed by atoms with Crippen LogP contribution in [-0.4, -0.2) is 18.4 Å². The van der Waals surface area contributed by atoms with Crippen LogP contribution in [-0.2, 0) is 4.79 Å². The molecule has 1 rings (SSSR count). The van der Waals surface area contributed by atoms with Gasteiger partial charge in [-0.15, -0.1) is 0 Å². The molecule has 0 saturated carbocycles. The lowest BCUT2D eigenvalue weighted by molar-refractivity contribution is -0.125. The lowest BCUT2D eigenvalue weighted by Gasteiger charge is -2.17. The van der Waals surface area contributed by atoms with E-state index >= 15 is 0 Å². The Labute approximate surface area is 114 Å². The number of amides is 1. The number of hydrogen-bond acceptors (Lipinski definition) is 2. The monoisotopic (exact) mass is 262 g/mol. The van der Waals surface area contributed by atoms with Gasteiger partial charge in [0.2, 0.25) is 5.91 Å². The van der Waals surface area contributed by atoms with E-state index in [9.17, 15) is 4.79 Å². The molecule has 5 heteroatoms. The summed E-state index contributed by atoms with van der Waals surface area (Å²) < 4.78 is 0. The zero-order valence-corrected chi connectivity index (χ0v) is 11.9. The minimum atomic E-state index is -0.700. The van der Waals surface area contributed by atoms with E-state index in [4.69, 9.17) is 11.5 Å². The Balaban J connectivity index is 2.74. The number of aliphatic imine (C=N–C) groups is 1. The maximum absolute atomic E-state index is 11.2. The molecule has 0 atom stereocenters. The third-order valence-electron chi connectivity index (χ3n) is 2.81. The van der Waals surface area contributed by atoms with Crippen molar-refractivity contribution in [2.45, 2.75) is 27.7 Å². The Morgan fingerprint density at radius 3 is 2.21 bits per heavy atom. The number of rotatable bonds is 4. The summed E-state index contributed by atoms with van der Waals surface area (Å²) in [5.41, 5.74) is 13.6. The van der Waals surface area contributed by atoms with Gasteiger partial charge >= 0.3 is 0 Å². The van der Waals surface area contributed by atoms with Gasteiger partial charge in [0.05, 0.1) is 12.0 Å². The Kier molecular flexibility index (Phi) is 4.53. The third kappa shape index (κ3) is 4.62. The van der Waals surface area contributed by atoms with Gasteiger partial charge in [0, 0.05) is 5.69 Å². The van der Waals surface area contributed by atoms with E-state index in [1.165, 1.54) is 0 Å². The summed E-state index contributed by atoms with van der Waals surface area (Å²) in [6.45, 7) is 7.77. The van der Waals surface area contributed by atoms with Crippen molar-refractivity contribution >= 4 is 17.6 Å². The minimum Gasteiger partial charge on any atom is -0.370 e. The van der Waals surface area contributed by atoms with Gasteiger partial charge in [-0.2, -0.15) is 0 Å². The lowest BCUT2D eigenvalue weighted by Crippen LogP contribution is -2.35. The Hall–Kier alpha value is -2.04. The van der Waals surface area contributed by atoms with Crippen LogP contribution in [0.4, 0.5) is 5.69 Å². The summed E-state index contributed by atoms with van der Waals surface area (Å²) >= 11 is 0. The zero-order chi connectivity index (χ0) is 14.6. The number of nitrogens with two attached hydrogens (primary N) is 2. The first-order chi connectivity index (χ1) is 8.70. The van der Waals surface area contributed by atoms with Crippen LogP contribution in [0.1, 0.15) is 25.0 Å². The molecule has 0 aliphatic heterocycles. The number of guanidine groups is 1. The molecule has 0 aliphatic carbocycles. The maximum Gasteiger partial charge on any atom is 0.224 e. The molecule has 0 spiro atoms. The average molecular weight is 262 g/mol. The van der Waals surface area contributed by atoms with E-state index < -0.39 is 11.3 Å². The smallest absolute Gasteiger partial charge is 0.224 e. The fourth-order valence-electron chi connectivity index (χ4n) is 1.59. The topological polar surface area (TPSA) is 93.5 Å². The molecule has 19 heavy (non-hydrogen) atoms. The number of primary amides is 1. The third-order valence-corrected chi connectivity index (χ3v) is 2.81. The van der Waals surface area contributed by atoms with Gasteiger partial charge in [0.15, 0.2) is 5.96 Å². The van der Waals surface area contributed by atoms with Crippen LogP contribution in [0.2, 0.25) is 0 Å². The quantitative estimate of drug-likeness (QED) is 0.567. The molecule has 1 aromatic rings. The largest absolute Gasteiger partial charge is 0.370 e. The highest BCUT2D eigenvalue weighted by molar-refractivity contribution is 5.92. The van der Waals surface area contributed by atoms with Crippen LogP contribution in [0.15, 0.2) is 23.2 Å². The van der Waals surface area contributed by atoms with Gasteiger partial charge in [-0.1, -0.05) is 6.07 Å². The summed E-state index contributed by atoms with van der Waals surface area (Å²) in [5.74, 6) is -0.116. The normalized spacial score (nSPS) is 12.3. The van der Waals surface area contributed by atoms with Gasteiger partial charge in [0.25, 0.3) is 0 Å². The van der Waals surface area contributed by atoms with Crippen molar-refractivity contribution in [1.82, 2.24) is 0 Å². The fourth-order valence-corrected chi connectivity index (χ4v) is 1.59. The molecule has 1 amide bonds. The molecule has 5 nitrogen and oxygen atoms in total. The Morgan fingerprint density at radius 1 is 1.21 bits per heavy atom. The van der Waals surface area contributed by atoms with Crippen molar-refractivity contribution in [3.63, 3.8) is 0 Å². The van der Waals surface area contributed by atoms with Crippen LogP contribution >= 0.6 is 0 Å². The van der Waals surface area contributed by atoms with Crippen molar-refractivity contribution in [3.05, 3.63) is 29.3 Å². The molecule has 5 N–H and O–H groups in total. The second-order valence-electron chi connectivity index (χ2n) is 5.45. The molecule has 0 aromatic heterocycles. The first kappa shape index (κ1) is 15.0. The summed E-state index contributed by atoms with van der Waals surface area (Å²) in [6, 6.07) is 6.04. The highest BCUT2D eigenvalue weighted by Gasteiger charge is 2.24. The van der Waals surface area contributed by atoms with Crippen molar-refractivity contribution < 1.29 is 4.79 Å². The molecule has 0 bridgehead atoms. The number of anilines is 1. The molecular formula is C14H22N4O. The summed E-state index contributed by atoms with van der Waals surface area (Å²) in [6.07, 6.45) is 0. The standard InChI is InChI=1S/C14H22N4O/c1-9-5-10(2)7-11(6-9)18-13(16)17-8-14(3,4)12(15)19/h5-7H,8H2,1-4H3,(H2,15,19)(H3,16,17,18).